The average Bonchev–Trinajstić information content (AvgIpc) is 2.34. The van der Waals surface area contributed by atoms with E-state index < -0.39 is 18.0 Å². The van der Waals surface area contributed by atoms with Gasteiger partial charge in [-0.05, 0) is 17.7 Å². The van der Waals surface area contributed by atoms with Crippen LogP contribution >= 0.6 is 0 Å². The van der Waals surface area contributed by atoms with Crippen molar-refractivity contribution in [2.75, 3.05) is 13.7 Å². The highest BCUT2D eigenvalue weighted by Crippen LogP contribution is 2.19. The van der Waals surface area contributed by atoms with Crippen molar-refractivity contribution < 1.29 is 24.5 Å². The van der Waals surface area contributed by atoms with Crippen molar-refractivity contribution in [1.82, 2.24) is 5.32 Å². The van der Waals surface area contributed by atoms with Crippen molar-refractivity contribution in [2.24, 2.45) is 0 Å². The molecule has 1 aromatic rings. The molecule has 0 spiro atoms. The van der Waals surface area contributed by atoms with Crippen molar-refractivity contribution in [2.45, 2.75) is 12.5 Å². The van der Waals surface area contributed by atoms with E-state index in [0.29, 0.717) is 11.3 Å². The highest BCUT2D eigenvalue weighted by molar-refractivity contribution is 5.76. The molecule has 1 rings (SSSR count). The van der Waals surface area contributed by atoms with Crippen LogP contribution in [-0.4, -0.2) is 35.8 Å². The van der Waals surface area contributed by atoms with Gasteiger partial charge in [-0.25, -0.2) is 0 Å². The molecule has 0 aliphatic rings. The standard InChI is InChI=1S/C12H15NO5/c1-18-9-4-2-3-8(7-9)11(12(16)17)13-6-5-10(14)15/h2-4,7,11,13H,5-6H2,1H3,(H,14,15)(H,16,17). The van der Waals surface area contributed by atoms with Crippen molar-refractivity contribution in [3.05, 3.63) is 29.8 Å². The van der Waals surface area contributed by atoms with Gasteiger partial charge in [-0.3, -0.25) is 9.59 Å². The molecule has 0 aromatic heterocycles. The van der Waals surface area contributed by atoms with Gasteiger partial charge in [0.05, 0.1) is 13.5 Å². The van der Waals surface area contributed by atoms with Gasteiger partial charge in [0.15, 0.2) is 0 Å². The van der Waals surface area contributed by atoms with E-state index in [1.165, 1.54) is 7.11 Å². The van der Waals surface area contributed by atoms with Crippen LogP contribution in [0.15, 0.2) is 24.3 Å². The van der Waals surface area contributed by atoms with Crippen LogP contribution in [0.3, 0.4) is 0 Å². The SMILES string of the molecule is COc1cccc(C(NCCC(=O)O)C(=O)O)c1. The molecule has 0 radical (unpaired) electrons. The normalized spacial score (nSPS) is 11.8. The van der Waals surface area contributed by atoms with Gasteiger partial charge in [0, 0.05) is 6.54 Å². The summed E-state index contributed by atoms with van der Waals surface area (Å²) >= 11 is 0. The minimum absolute atomic E-state index is 0.0868. The molecule has 0 aliphatic carbocycles. The van der Waals surface area contributed by atoms with Crippen LogP contribution in [0.1, 0.15) is 18.0 Å². The Morgan fingerprint density at radius 2 is 2.11 bits per heavy atom. The lowest BCUT2D eigenvalue weighted by Gasteiger charge is -2.14. The molecule has 6 heteroatoms. The second-order valence-corrected chi connectivity index (χ2v) is 3.65. The van der Waals surface area contributed by atoms with E-state index in [1.807, 2.05) is 0 Å². The van der Waals surface area contributed by atoms with Gasteiger partial charge >= 0.3 is 11.9 Å². The summed E-state index contributed by atoms with van der Waals surface area (Å²) in [6, 6.07) is 5.70. The quantitative estimate of drug-likeness (QED) is 0.667. The molecule has 0 saturated carbocycles. The van der Waals surface area contributed by atoms with Crippen LogP contribution < -0.4 is 10.1 Å². The summed E-state index contributed by atoms with van der Waals surface area (Å²) in [6.45, 7) is 0.0868. The molecule has 1 atom stereocenters. The molecular formula is C12H15NO5. The minimum Gasteiger partial charge on any atom is -0.497 e. The van der Waals surface area contributed by atoms with Crippen molar-refractivity contribution >= 4 is 11.9 Å². The fourth-order valence-corrected chi connectivity index (χ4v) is 1.49. The van der Waals surface area contributed by atoms with E-state index >= 15 is 0 Å². The summed E-state index contributed by atoms with van der Waals surface area (Å²) in [5.74, 6) is -1.48. The first-order valence-corrected chi connectivity index (χ1v) is 5.36. The molecule has 0 fully saturated rings. The maximum absolute atomic E-state index is 11.1. The van der Waals surface area contributed by atoms with Gasteiger partial charge in [-0.1, -0.05) is 12.1 Å². The van der Waals surface area contributed by atoms with E-state index in [4.69, 9.17) is 14.9 Å². The summed E-state index contributed by atoms with van der Waals surface area (Å²) < 4.78 is 5.01. The summed E-state index contributed by atoms with van der Waals surface area (Å²) in [4.78, 5) is 21.5. The van der Waals surface area contributed by atoms with Gasteiger partial charge in [0.1, 0.15) is 11.8 Å². The second kappa shape index (κ2) is 6.61. The van der Waals surface area contributed by atoms with E-state index in [9.17, 15) is 9.59 Å². The van der Waals surface area contributed by atoms with E-state index in [0.717, 1.165) is 0 Å². The number of rotatable bonds is 7. The van der Waals surface area contributed by atoms with Crippen molar-refractivity contribution in [1.29, 1.82) is 0 Å². The number of carboxylic acids is 2. The number of aliphatic carboxylic acids is 2. The zero-order valence-electron chi connectivity index (χ0n) is 9.92. The number of hydrogen-bond acceptors (Lipinski definition) is 4. The minimum atomic E-state index is -1.06. The maximum atomic E-state index is 11.1. The molecule has 0 bridgehead atoms. The highest BCUT2D eigenvalue weighted by Gasteiger charge is 2.19. The number of nitrogens with one attached hydrogen (secondary N) is 1. The third kappa shape index (κ3) is 4.06. The molecular weight excluding hydrogens is 238 g/mol. The average molecular weight is 253 g/mol. The smallest absolute Gasteiger partial charge is 0.325 e. The molecule has 6 nitrogen and oxygen atoms in total. The van der Waals surface area contributed by atoms with E-state index in [1.54, 1.807) is 24.3 Å². The number of carboxylic acid groups (broad SMARTS) is 2. The Bertz CT molecular complexity index is 432. The number of ether oxygens (including phenoxy) is 1. The largest absolute Gasteiger partial charge is 0.497 e. The lowest BCUT2D eigenvalue weighted by molar-refractivity contribution is -0.141. The molecule has 1 aromatic carbocycles. The lowest BCUT2D eigenvalue weighted by atomic mass is 10.1. The Morgan fingerprint density at radius 3 is 2.67 bits per heavy atom. The highest BCUT2D eigenvalue weighted by atomic mass is 16.5. The number of carbonyl (C=O) groups is 2. The molecule has 1 unspecified atom stereocenters. The Morgan fingerprint density at radius 1 is 1.39 bits per heavy atom. The summed E-state index contributed by atoms with van der Waals surface area (Å²) in [6.07, 6.45) is -0.131. The third-order valence-corrected chi connectivity index (χ3v) is 2.36. The topological polar surface area (TPSA) is 95.9 Å². The Kier molecular flexibility index (Phi) is 5.13. The van der Waals surface area contributed by atoms with Crippen molar-refractivity contribution in [3.8, 4) is 5.75 Å². The van der Waals surface area contributed by atoms with Gasteiger partial charge in [-0.2, -0.15) is 0 Å². The van der Waals surface area contributed by atoms with Gasteiger partial charge in [0.25, 0.3) is 0 Å². The summed E-state index contributed by atoms with van der Waals surface area (Å²) in [7, 11) is 1.49. The fourth-order valence-electron chi connectivity index (χ4n) is 1.49. The molecule has 0 amide bonds. The zero-order chi connectivity index (χ0) is 13.5. The number of hydrogen-bond donors (Lipinski definition) is 3. The first-order chi connectivity index (χ1) is 8.54. The fraction of sp³-hybridized carbons (Fsp3) is 0.333. The Labute approximate surface area is 104 Å². The molecule has 0 heterocycles. The summed E-state index contributed by atoms with van der Waals surface area (Å²) in [5.41, 5.74) is 0.521. The van der Waals surface area contributed by atoms with Crippen LogP contribution in [0, 0.1) is 0 Å². The molecule has 3 N–H and O–H groups in total. The third-order valence-electron chi connectivity index (χ3n) is 2.36. The Hall–Kier alpha value is -2.08. The molecule has 18 heavy (non-hydrogen) atoms. The monoisotopic (exact) mass is 253 g/mol. The first-order valence-electron chi connectivity index (χ1n) is 5.36. The van der Waals surface area contributed by atoms with Crippen molar-refractivity contribution in [3.63, 3.8) is 0 Å². The van der Waals surface area contributed by atoms with E-state index in [2.05, 4.69) is 5.32 Å². The molecule has 0 saturated heterocycles. The maximum Gasteiger partial charge on any atom is 0.325 e. The summed E-state index contributed by atoms with van der Waals surface area (Å²) in [5, 5.41) is 20.3. The van der Waals surface area contributed by atoms with Gasteiger partial charge < -0.3 is 20.3 Å². The van der Waals surface area contributed by atoms with Crippen LogP contribution in [0.5, 0.6) is 5.75 Å². The first kappa shape index (κ1) is 14.0. The second-order valence-electron chi connectivity index (χ2n) is 3.65. The predicted molar refractivity (Wildman–Crippen MR) is 63.6 cm³/mol. The number of methoxy groups -OCH3 is 1. The molecule has 0 aliphatic heterocycles. The van der Waals surface area contributed by atoms with Gasteiger partial charge in [0.2, 0.25) is 0 Å². The van der Waals surface area contributed by atoms with Crippen LogP contribution in [0.2, 0.25) is 0 Å². The van der Waals surface area contributed by atoms with Crippen LogP contribution in [0.25, 0.3) is 0 Å². The Balaban J connectivity index is 2.77. The van der Waals surface area contributed by atoms with Gasteiger partial charge in [-0.15, -0.1) is 0 Å². The predicted octanol–water partition coefficient (Wildman–Crippen LogP) is 0.885. The zero-order valence-corrected chi connectivity index (χ0v) is 9.92. The molecule has 98 valence electrons. The van der Waals surface area contributed by atoms with Crippen LogP contribution in [-0.2, 0) is 9.59 Å². The van der Waals surface area contributed by atoms with E-state index in [-0.39, 0.29) is 13.0 Å². The van der Waals surface area contributed by atoms with Crippen LogP contribution in [0.4, 0.5) is 0 Å². The number of benzene rings is 1. The lowest BCUT2D eigenvalue weighted by Crippen LogP contribution is -2.30.